The highest BCUT2D eigenvalue weighted by atomic mass is 16.5. The molecule has 2 aromatic heterocycles. The molecule has 0 aromatic carbocycles. The van der Waals surface area contributed by atoms with E-state index in [4.69, 9.17) is 4.52 Å². The normalized spacial score (nSPS) is 22.9. The van der Waals surface area contributed by atoms with E-state index in [1.807, 2.05) is 11.8 Å². The fraction of sp³-hybridized carbons (Fsp3) is 0.722. The second-order valence-corrected chi connectivity index (χ2v) is 7.90. The topological polar surface area (TPSA) is 102 Å². The molecule has 2 saturated carbocycles. The molecular weight excluding hydrogens is 346 g/mol. The number of hydrogen-bond acceptors (Lipinski definition) is 6. The van der Waals surface area contributed by atoms with E-state index in [1.54, 1.807) is 0 Å². The van der Waals surface area contributed by atoms with Gasteiger partial charge in [0.2, 0.25) is 5.89 Å². The highest BCUT2D eigenvalue weighted by Gasteiger charge is 2.34. The number of nitrogens with one attached hydrogen (secondary N) is 1. The molecule has 3 aliphatic rings. The first kappa shape index (κ1) is 16.7. The van der Waals surface area contributed by atoms with Crippen molar-refractivity contribution in [3.63, 3.8) is 0 Å². The number of nitrogens with zero attached hydrogens (tertiary/aromatic N) is 6. The predicted molar refractivity (Wildman–Crippen MR) is 94.9 cm³/mol. The minimum atomic E-state index is -0.128. The quantitative estimate of drug-likeness (QED) is 0.886. The summed E-state index contributed by atoms with van der Waals surface area (Å²) in [6, 6.07) is -0.231. The zero-order valence-corrected chi connectivity index (χ0v) is 15.6. The van der Waals surface area contributed by atoms with Crippen LogP contribution >= 0.6 is 0 Å². The molecule has 1 unspecified atom stereocenters. The Bertz CT molecular complexity index is 835. The van der Waals surface area contributed by atoms with Gasteiger partial charge in [0.25, 0.3) is 0 Å². The molecule has 1 aliphatic heterocycles. The average Bonchev–Trinajstić information content (AvgIpc) is 3.09. The van der Waals surface area contributed by atoms with Gasteiger partial charge in [-0.25, -0.2) is 4.79 Å². The third-order valence-electron chi connectivity index (χ3n) is 6.00. The van der Waals surface area contributed by atoms with Crippen LogP contribution in [-0.4, -0.2) is 42.4 Å². The first-order chi connectivity index (χ1) is 13.2. The molecule has 0 spiro atoms. The second kappa shape index (κ2) is 6.61. The lowest BCUT2D eigenvalue weighted by atomic mass is 10.1. The number of aromatic nitrogens is 5. The van der Waals surface area contributed by atoms with Crippen LogP contribution in [0.3, 0.4) is 0 Å². The molecule has 1 N–H and O–H groups in total. The van der Waals surface area contributed by atoms with Crippen molar-refractivity contribution in [2.24, 2.45) is 0 Å². The monoisotopic (exact) mass is 371 g/mol. The van der Waals surface area contributed by atoms with E-state index in [9.17, 15) is 4.79 Å². The Morgan fingerprint density at radius 2 is 1.89 bits per heavy atom. The van der Waals surface area contributed by atoms with Gasteiger partial charge in [-0.2, -0.15) is 4.98 Å². The summed E-state index contributed by atoms with van der Waals surface area (Å²) in [6.45, 7) is 3.69. The Morgan fingerprint density at radius 1 is 1.11 bits per heavy atom. The van der Waals surface area contributed by atoms with Crippen molar-refractivity contribution in [3.8, 4) is 0 Å². The molecule has 3 heterocycles. The van der Waals surface area contributed by atoms with E-state index < -0.39 is 0 Å². The summed E-state index contributed by atoms with van der Waals surface area (Å²) >= 11 is 0. The standard InChI is InChI=1S/C18H25N7O2/c1-11-15-21-22-16(12-4-2-3-5-12)25(15)9-8-24(11)18(26)19-10-14-20-17(27-23-14)13-6-7-13/h11-13H,2-10H2,1H3,(H,19,26). The summed E-state index contributed by atoms with van der Waals surface area (Å²) in [4.78, 5) is 18.8. The molecule has 1 atom stereocenters. The van der Waals surface area contributed by atoms with Gasteiger partial charge in [0.05, 0.1) is 12.6 Å². The highest BCUT2D eigenvalue weighted by molar-refractivity contribution is 5.74. The van der Waals surface area contributed by atoms with Gasteiger partial charge in [-0.05, 0) is 32.6 Å². The van der Waals surface area contributed by atoms with Gasteiger partial charge in [0.1, 0.15) is 5.82 Å². The molecule has 27 heavy (non-hydrogen) atoms. The minimum absolute atomic E-state index is 0.103. The Balaban J connectivity index is 1.23. The maximum atomic E-state index is 12.7. The van der Waals surface area contributed by atoms with Gasteiger partial charge in [-0.3, -0.25) is 0 Å². The lowest BCUT2D eigenvalue weighted by molar-refractivity contribution is 0.158. The molecule has 2 aliphatic carbocycles. The Hall–Kier alpha value is -2.45. The molecule has 0 saturated heterocycles. The first-order valence-electron chi connectivity index (χ1n) is 10.0. The van der Waals surface area contributed by atoms with Gasteiger partial charge in [0.15, 0.2) is 11.6 Å². The molecule has 9 heteroatoms. The minimum Gasteiger partial charge on any atom is -0.339 e. The third kappa shape index (κ3) is 3.08. The van der Waals surface area contributed by atoms with Crippen LogP contribution in [0.5, 0.6) is 0 Å². The van der Waals surface area contributed by atoms with Gasteiger partial charge in [0, 0.05) is 24.9 Å². The number of urea groups is 1. The van der Waals surface area contributed by atoms with E-state index in [1.165, 1.54) is 25.7 Å². The van der Waals surface area contributed by atoms with E-state index in [0.29, 0.717) is 30.1 Å². The molecule has 0 radical (unpaired) electrons. The molecule has 2 aromatic rings. The summed E-state index contributed by atoms with van der Waals surface area (Å²) in [5, 5.41) is 15.7. The zero-order chi connectivity index (χ0) is 18.4. The van der Waals surface area contributed by atoms with Gasteiger partial charge in [-0.15, -0.1) is 10.2 Å². The van der Waals surface area contributed by atoms with E-state index in [0.717, 1.165) is 31.0 Å². The Kier molecular flexibility index (Phi) is 4.09. The maximum absolute atomic E-state index is 12.7. The summed E-state index contributed by atoms with van der Waals surface area (Å²) < 4.78 is 7.47. The lowest BCUT2D eigenvalue weighted by Gasteiger charge is -2.34. The maximum Gasteiger partial charge on any atom is 0.318 e. The molecular formula is C18H25N7O2. The molecule has 2 fully saturated rings. The van der Waals surface area contributed by atoms with Crippen LogP contribution in [0.2, 0.25) is 0 Å². The van der Waals surface area contributed by atoms with Crippen LogP contribution in [0.1, 0.15) is 86.7 Å². The van der Waals surface area contributed by atoms with Crippen molar-refractivity contribution in [1.82, 2.24) is 35.1 Å². The lowest BCUT2D eigenvalue weighted by Crippen LogP contribution is -2.46. The van der Waals surface area contributed by atoms with E-state index in [-0.39, 0.29) is 18.6 Å². The van der Waals surface area contributed by atoms with Crippen LogP contribution in [0.4, 0.5) is 4.79 Å². The fourth-order valence-electron chi connectivity index (χ4n) is 4.26. The predicted octanol–water partition coefficient (Wildman–Crippen LogP) is 2.48. The smallest absolute Gasteiger partial charge is 0.318 e. The molecule has 5 rings (SSSR count). The largest absolute Gasteiger partial charge is 0.339 e. The number of rotatable bonds is 4. The Morgan fingerprint density at radius 3 is 2.67 bits per heavy atom. The van der Waals surface area contributed by atoms with E-state index in [2.05, 4.69) is 30.2 Å². The SMILES string of the molecule is CC1c2nnc(C3CCCC3)n2CCN1C(=O)NCc1noc(C2CC2)n1. The molecule has 9 nitrogen and oxygen atoms in total. The summed E-state index contributed by atoms with van der Waals surface area (Å²) in [6.07, 6.45) is 7.17. The molecule has 2 amide bonds. The van der Waals surface area contributed by atoms with E-state index >= 15 is 0 Å². The van der Waals surface area contributed by atoms with Gasteiger partial charge >= 0.3 is 6.03 Å². The highest BCUT2D eigenvalue weighted by Crippen LogP contribution is 2.39. The number of amides is 2. The van der Waals surface area contributed by atoms with Crippen molar-refractivity contribution < 1.29 is 9.32 Å². The summed E-state index contributed by atoms with van der Waals surface area (Å²) in [7, 11) is 0. The third-order valence-corrected chi connectivity index (χ3v) is 6.00. The number of hydrogen-bond donors (Lipinski definition) is 1. The Labute approximate surface area is 157 Å². The van der Waals surface area contributed by atoms with Gasteiger partial charge < -0.3 is 19.3 Å². The van der Waals surface area contributed by atoms with Crippen molar-refractivity contribution in [2.75, 3.05) is 6.54 Å². The first-order valence-corrected chi connectivity index (χ1v) is 10.0. The van der Waals surface area contributed by atoms with Crippen molar-refractivity contribution in [3.05, 3.63) is 23.4 Å². The number of carbonyl (C=O) groups excluding carboxylic acids is 1. The van der Waals surface area contributed by atoms with Crippen LogP contribution in [0.25, 0.3) is 0 Å². The second-order valence-electron chi connectivity index (χ2n) is 7.90. The molecule has 144 valence electrons. The molecule has 0 bridgehead atoms. The van der Waals surface area contributed by atoms with Crippen LogP contribution < -0.4 is 5.32 Å². The van der Waals surface area contributed by atoms with Crippen molar-refractivity contribution in [2.45, 2.75) is 76.4 Å². The van der Waals surface area contributed by atoms with Crippen molar-refractivity contribution in [1.29, 1.82) is 0 Å². The van der Waals surface area contributed by atoms with Gasteiger partial charge in [-0.1, -0.05) is 18.0 Å². The average molecular weight is 371 g/mol. The van der Waals surface area contributed by atoms with Crippen LogP contribution in [0, 0.1) is 0 Å². The number of fused-ring (bicyclic) bond motifs is 1. The fourth-order valence-corrected chi connectivity index (χ4v) is 4.26. The number of carbonyl (C=O) groups is 1. The summed E-state index contributed by atoms with van der Waals surface area (Å²) in [5.41, 5.74) is 0. The van der Waals surface area contributed by atoms with Crippen LogP contribution in [0.15, 0.2) is 4.52 Å². The van der Waals surface area contributed by atoms with Crippen molar-refractivity contribution >= 4 is 6.03 Å². The van der Waals surface area contributed by atoms with Crippen LogP contribution in [-0.2, 0) is 13.1 Å². The summed E-state index contributed by atoms with van der Waals surface area (Å²) in [5.74, 6) is 4.16. The zero-order valence-electron chi connectivity index (χ0n) is 15.6.